The predicted molar refractivity (Wildman–Crippen MR) is 163 cm³/mol. The highest BCUT2D eigenvalue weighted by molar-refractivity contribution is 7.96. The minimum Gasteiger partial charge on any atom is -0.394 e. The van der Waals surface area contributed by atoms with Gasteiger partial charge in [-0.05, 0) is 67.6 Å². The van der Waals surface area contributed by atoms with E-state index in [9.17, 15) is 20.1 Å². The smallest absolute Gasteiger partial charge is 0.217 e. The first-order chi connectivity index (χ1) is 19.0. The first-order valence-electron chi connectivity index (χ1n) is 14.0. The van der Waals surface area contributed by atoms with Gasteiger partial charge in [0.1, 0.15) is 41.5 Å². The monoisotopic (exact) mass is 564 g/mol. The Morgan fingerprint density at radius 2 is 1.38 bits per heavy atom. The second-order valence-electron chi connectivity index (χ2n) is 11.8. The van der Waals surface area contributed by atoms with E-state index in [1.54, 1.807) is 0 Å². The molecule has 0 aromatic heterocycles. The molecule has 214 valence electrons. The third kappa shape index (κ3) is 5.88. The number of amides is 1. The Morgan fingerprint density at radius 3 is 1.82 bits per heavy atom. The van der Waals surface area contributed by atoms with E-state index < -0.39 is 49.7 Å². The molecule has 3 aromatic rings. The van der Waals surface area contributed by atoms with Gasteiger partial charge in [-0.2, -0.15) is 0 Å². The molecule has 7 heteroatoms. The molecule has 5 atom stereocenters. The van der Waals surface area contributed by atoms with E-state index in [1.807, 2.05) is 13.8 Å². The van der Waals surface area contributed by atoms with E-state index in [4.69, 9.17) is 4.74 Å². The lowest BCUT2D eigenvalue weighted by atomic mass is 9.74. The van der Waals surface area contributed by atoms with Crippen LogP contribution in [0.2, 0.25) is 0 Å². The van der Waals surface area contributed by atoms with E-state index >= 15 is 0 Å². The normalized spacial score (nSPS) is 23.7. The summed E-state index contributed by atoms with van der Waals surface area (Å²) in [5.74, 6) is -0.316. The molecule has 1 aliphatic rings. The van der Waals surface area contributed by atoms with Crippen molar-refractivity contribution in [3.8, 4) is 0 Å². The number of hydrogen-bond acceptors (Lipinski definition) is 5. The van der Waals surface area contributed by atoms with Crippen LogP contribution in [0.1, 0.15) is 40.2 Å². The Bertz CT molecular complexity index is 1210. The van der Waals surface area contributed by atoms with Crippen molar-refractivity contribution in [2.24, 2.45) is 5.41 Å². The van der Waals surface area contributed by atoms with Crippen molar-refractivity contribution < 1.29 is 24.9 Å². The minimum absolute atomic E-state index is 0.316. The first-order valence-corrected chi connectivity index (χ1v) is 15.9. The Kier molecular flexibility index (Phi) is 9.49. The van der Waals surface area contributed by atoms with E-state index in [0.717, 1.165) is 5.56 Å². The quantitative estimate of drug-likeness (QED) is 0.300. The second-order valence-corrected chi connectivity index (χ2v) is 15.8. The average molecular weight is 565 g/mol. The van der Waals surface area contributed by atoms with Gasteiger partial charge in [0.15, 0.2) is 0 Å². The number of aliphatic hydroxyl groups is 3. The van der Waals surface area contributed by atoms with Gasteiger partial charge >= 0.3 is 0 Å². The van der Waals surface area contributed by atoms with Crippen LogP contribution in [0.4, 0.5) is 0 Å². The van der Waals surface area contributed by atoms with Crippen molar-refractivity contribution in [3.63, 3.8) is 0 Å². The van der Waals surface area contributed by atoms with Crippen molar-refractivity contribution in [1.82, 2.24) is 5.32 Å². The Morgan fingerprint density at radius 1 is 0.875 bits per heavy atom. The van der Waals surface area contributed by atoms with E-state index in [2.05, 4.69) is 104 Å². The molecule has 3 unspecified atom stereocenters. The molecule has 4 rings (SSSR count). The van der Waals surface area contributed by atoms with Crippen molar-refractivity contribution >= 4 is 29.1 Å². The molecule has 1 heterocycles. The number of nitrogens with one attached hydrogen (secondary N) is 1. The SMILES string of the molecule is CC(=O)NC1C(O)[C@@H](O)C(CO)O[C@H]1C(C)(C)Cc1ccc([P+](c2ccccc2)(c2ccccc2)C(C)C)cc1. The summed E-state index contributed by atoms with van der Waals surface area (Å²) >= 11 is 0. The van der Waals surface area contributed by atoms with Gasteiger partial charge in [0, 0.05) is 6.92 Å². The molecule has 0 bridgehead atoms. The molecule has 0 aliphatic carbocycles. The number of benzene rings is 3. The van der Waals surface area contributed by atoms with Gasteiger partial charge in [0.25, 0.3) is 0 Å². The van der Waals surface area contributed by atoms with Crippen LogP contribution in [0.15, 0.2) is 84.9 Å². The third-order valence-electron chi connectivity index (χ3n) is 8.17. The van der Waals surface area contributed by atoms with Crippen LogP contribution in [0, 0.1) is 5.41 Å². The summed E-state index contributed by atoms with van der Waals surface area (Å²) in [6.07, 6.45) is -3.49. The van der Waals surface area contributed by atoms with Crippen LogP contribution < -0.4 is 21.2 Å². The van der Waals surface area contributed by atoms with Crippen LogP contribution >= 0.6 is 7.26 Å². The Labute approximate surface area is 238 Å². The molecule has 3 aromatic carbocycles. The van der Waals surface area contributed by atoms with Gasteiger partial charge in [-0.3, -0.25) is 4.79 Å². The summed E-state index contributed by atoms with van der Waals surface area (Å²) in [4.78, 5) is 12.0. The van der Waals surface area contributed by atoms with Gasteiger partial charge in [-0.1, -0.05) is 62.4 Å². The molecule has 1 aliphatic heterocycles. The largest absolute Gasteiger partial charge is 0.394 e. The average Bonchev–Trinajstić information content (AvgIpc) is 2.93. The highest BCUT2D eigenvalue weighted by Gasteiger charge is 2.51. The summed E-state index contributed by atoms with van der Waals surface area (Å²) in [5.41, 5.74) is 0.951. The molecule has 4 N–H and O–H groups in total. The molecule has 40 heavy (non-hydrogen) atoms. The summed E-state index contributed by atoms with van der Waals surface area (Å²) in [7, 11) is -1.94. The maximum Gasteiger partial charge on any atom is 0.217 e. The molecule has 0 radical (unpaired) electrons. The van der Waals surface area contributed by atoms with Crippen LogP contribution in [0.5, 0.6) is 0 Å². The zero-order valence-corrected chi connectivity index (χ0v) is 25.0. The summed E-state index contributed by atoms with van der Waals surface area (Å²) < 4.78 is 6.12. The van der Waals surface area contributed by atoms with Gasteiger partial charge in [0.2, 0.25) is 5.91 Å². The summed E-state index contributed by atoms with van der Waals surface area (Å²) in [5, 5.41) is 37.8. The maximum atomic E-state index is 12.0. The van der Waals surface area contributed by atoms with Crippen LogP contribution in [-0.2, 0) is 16.0 Å². The van der Waals surface area contributed by atoms with Crippen LogP contribution in [-0.4, -0.2) is 64.0 Å². The zero-order valence-electron chi connectivity index (χ0n) is 24.1. The second kappa shape index (κ2) is 12.5. The minimum atomic E-state index is -1.94. The lowest BCUT2D eigenvalue weighted by Crippen LogP contribution is -2.67. The van der Waals surface area contributed by atoms with Gasteiger partial charge in [-0.15, -0.1) is 0 Å². The maximum absolute atomic E-state index is 12.0. The molecular formula is C33H43NO5P+. The van der Waals surface area contributed by atoms with Crippen molar-refractivity contribution in [1.29, 1.82) is 0 Å². The first kappa shape index (κ1) is 30.4. The lowest BCUT2D eigenvalue weighted by molar-refractivity contribution is -0.219. The molecule has 1 fully saturated rings. The predicted octanol–water partition coefficient (Wildman–Crippen LogP) is 2.94. The van der Waals surface area contributed by atoms with Gasteiger partial charge < -0.3 is 25.4 Å². The fraction of sp³-hybridized carbons (Fsp3) is 0.424. The van der Waals surface area contributed by atoms with Crippen LogP contribution in [0.25, 0.3) is 0 Å². The fourth-order valence-electron chi connectivity index (χ4n) is 6.33. The molecule has 1 amide bonds. The lowest BCUT2D eigenvalue weighted by Gasteiger charge is -2.48. The number of carbonyl (C=O) groups is 1. The molecular weight excluding hydrogens is 521 g/mol. The van der Waals surface area contributed by atoms with E-state index in [1.165, 1.54) is 22.8 Å². The topological polar surface area (TPSA) is 99.0 Å². The number of carbonyl (C=O) groups excluding carboxylic acids is 1. The number of rotatable bonds is 9. The Hall–Kier alpha value is -2.60. The van der Waals surface area contributed by atoms with E-state index in [-0.39, 0.29) is 5.91 Å². The van der Waals surface area contributed by atoms with Gasteiger partial charge in [0.05, 0.1) is 24.4 Å². The number of aliphatic hydroxyl groups excluding tert-OH is 3. The molecule has 0 saturated carbocycles. The standard InChI is InChI=1S/C33H42NO5P/c1-22(2)40(25-12-8-6-9-13-25,26-14-10-7-11-15-26)27-18-16-24(17-19-27)20-33(4,5)32-29(34-23(3)36)31(38)30(37)28(21-35)39-32/h6-19,22,28-32,35,37-38H,20-21H2,1-5H3/p+1/t28?,29?,30-,31?,32+/m0/s1. The van der Waals surface area contributed by atoms with Gasteiger partial charge in [-0.25, -0.2) is 0 Å². The third-order valence-corrected chi connectivity index (χ3v) is 13.1. The molecule has 0 spiro atoms. The Balaban J connectivity index is 1.69. The highest BCUT2D eigenvalue weighted by Crippen LogP contribution is 2.59. The number of hydrogen-bond donors (Lipinski definition) is 4. The van der Waals surface area contributed by atoms with E-state index in [0.29, 0.717) is 12.1 Å². The highest BCUT2D eigenvalue weighted by atomic mass is 31.2. The fourth-order valence-corrected chi connectivity index (χ4v) is 10.9. The van der Waals surface area contributed by atoms with Crippen molar-refractivity contribution in [2.45, 2.75) is 77.2 Å². The summed E-state index contributed by atoms with van der Waals surface area (Å²) in [6.45, 7) is 9.63. The molecule has 1 saturated heterocycles. The number of ether oxygens (including phenoxy) is 1. The van der Waals surface area contributed by atoms with Crippen LogP contribution in [0.3, 0.4) is 0 Å². The molecule has 6 nitrogen and oxygen atoms in total. The van der Waals surface area contributed by atoms with Crippen molar-refractivity contribution in [2.75, 3.05) is 6.61 Å². The summed E-state index contributed by atoms with van der Waals surface area (Å²) in [6, 6.07) is 29.6. The van der Waals surface area contributed by atoms with Crippen molar-refractivity contribution in [3.05, 3.63) is 90.5 Å². The zero-order chi connectivity index (χ0) is 29.1.